The van der Waals surface area contributed by atoms with Gasteiger partial charge in [0.25, 0.3) is 0 Å². The molecule has 4 nitrogen and oxygen atoms in total. The van der Waals surface area contributed by atoms with E-state index in [1.165, 1.54) is 0 Å². The summed E-state index contributed by atoms with van der Waals surface area (Å²) in [6.07, 6.45) is 0. The number of hydrogen-bond acceptors (Lipinski definition) is 3. The maximum Gasteiger partial charge on any atom is 0.144 e. The molecule has 1 aromatic carbocycles. The van der Waals surface area contributed by atoms with Crippen molar-refractivity contribution in [1.82, 2.24) is 9.78 Å². The summed E-state index contributed by atoms with van der Waals surface area (Å²) in [5.74, 6) is 0.846. The topological polar surface area (TPSA) is 53.1 Å². The summed E-state index contributed by atoms with van der Waals surface area (Å²) in [6.45, 7) is 4.67. The van der Waals surface area contributed by atoms with Crippen molar-refractivity contribution in [2.75, 3.05) is 7.11 Å². The van der Waals surface area contributed by atoms with Crippen LogP contribution in [0.25, 0.3) is 10.9 Å². The van der Waals surface area contributed by atoms with Gasteiger partial charge in [-0.05, 0) is 19.9 Å². The van der Waals surface area contributed by atoms with E-state index in [-0.39, 0.29) is 6.04 Å². The molecular weight excluding hydrogens is 202 g/mol. The lowest BCUT2D eigenvalue weighted by molar-refractivity contribution is 0.415. The number of fused-ring (bicyclic) bond motifs is 1. The first-order valence-corrected chi connectivity index (χ1v) is 5.39. The molecule has 0 radical (unpaired) electrons. The van der Waals surface area contributed by atoms with Crippen LogP contribution in [0.4, 0.5) is 0 Å². The smallest absolute Gasteiger partial charge is 0.144 e. The third kappa shape index (κ3) is 1.76. The van der Waals surface area contributed by atoms with Crippen molar-refractivity contribution in [3.8, 4) is 5.75 Å². The van der Waals surface area contributed by atoms with Crippen molar-refractivity contribution >= 4 is 10.9 Å². The van der Waals surface area contributed by atoms with Crippen LogP contribution in [0.5, 0.6) is 5.75 Å². The van der Waals surface area contributed by atoms with Crippen LogP contribution < -0.4 is 10.5 Å². The molecule has 16 heavy (non-hydrogen) atoms. The molecule has 1 heterocycles. The number of rotatable bonds is 3. The molecule has 4 heteroatoms. The number of benzene rings is 1. The van der Waals surface area contributed by atoms with Gasteiger partial charge in [-0.1, -0.05) is 12.1 Å². The summed E-state index contributed by atoms with van der Waals surface area (Å²) in [5.41, 5.74) is 7.85. The molecule has 0 fully saturated rings. The van der Waals surface area contributed by atoms with Gasteiger partial charge in [-0.25, -0.2) is 0 Å². The Morgan fingerprint density at radius 3 is 2.88 bits per heavy atom. The zero-order valence-electron chi connectivity index (χ0n) is 9.90. The Kier molecular flexibility index (Phi) is 2.83. The Morgan fingerprint density at radius 2 is 2.25 bits per heavy atom. The SMILES string of the molecule is COc1cccc2c(C)nn(CC(C)N)c12. The van der Waals surface area contributed by atoms with Crippen molar-refractivity contribution < 1.29 is 4.74 Å². The Morgan fingerprint density at radius 1 is 1.50 bits per heavy atom. The first-order chi connectivity index (χ1) is 7.63. The van der Waals surface area contributed by atoms with Gasteiger partial charge in [-0.15, -0.1) is 0 Å². The molecule has 0 aliphatic rings. The second kappa shape index (κ2) is 4.14. The third-order valence-corrected chi connectivity index (χ3v) is 2.60. The Labute approximate surface area is 95.0 Å². The van der Waals surface area contributed by atoms with Gasteiger partial charge < -0.3 is 10.5 Å². The minimum Gasteiger partial charge on any atom is -0.494 e. The summed E-state index contributed by atoms with van der Waals surface area (Å²) < 4.78 is 7.29. The second-order valence-electron chi connectivity index (χ2n) is 4.10. The van der Waals surface area contributed by atoms with Crippen molar-refractivity contribution in [2.24, 2.45) is 5.73 Å². The lowest BCUT2D eigenvalue weighted by Crippen LogP contribution is -2.22. The van der Waals surface area contributed by atoms with E-state index >= 15 is 0 Å². The number of nitrogens with two attached hydrogens (primary N) is 1. The van der Waals surface area contributed by atoms with E-state index in [2.05, 4.69) is 11.2 Å². The highest BCUT2D eigenvalue weighted by Gasteiger charge is 2.12. The first-order valence-electron chi connectivity index (χ1n) is 5.39. The molecule has 0 amide bonds. The van der Waals surface area contributed by atoms with E-state index in [1.807, 2.05) is 30.7 Å². The summed E-state index contributed by atoms with van der Waals surface area (Å²) in [6, 6.07) is 6.05. The third-order valence-electron chi connectivity index (χ3n) is 2.60. The molecule has 1 atom stereocenters. The zero-order chi connectivity index (χ0) is 11.7. The van der Waals surface area contributed by atoms with Crippen LogP contribution in [-0.4, -0.2) is 22.9 Å². The predicted molar refractivity (Wildman–Crippen MR) is 64.7 cm³/mol. The average Bonchev–Trinajstić information content (AvgIpc) is 2.55. The second-order valence-corrected chi connectivity index (χ2v) is 4.10. The number of aromatic nitrogens is 2. The molecule has 86 valence electrons. The lowest BCUT2D eigenvalue weighted by atomic mass is 10.2. The summed E-state index contributed by atoms with van der Waals surface area (Å²) in [7, 11) is 1.67. The van der Waals surface area contributed by atoms with E-state index in [4.69, 9.17) is 10.5 Å². The van der Waals surface area contributed by atoms with Crippen LogP contribution in [0.15, 0.2) is 18.2 Å². The molecule has 0 saturated carbocycles. The van der Waals surface area contributed by atoms with Crippen LogP contribution in [0, 0.1) is 6.92 Å². The fourth-order valence-corrected chi connectivity index (χ4v) is 1.94. The molecule has 1 aromatic heterocycles. The zero-order valence-corrected chi connectivity index (χ0v) is 9.90. The summed E-state index contributed by atoms with van der Waals surface area (Å²) in [4.78, 5) is 0. The van der Waals surface area contributed by atoms with Crippen molar-refractivity contribution in [1.29, 1.82) is 0 Å². The number of hydrogen-bond donors (Lipinski definition) is 1. The van der Waals surface area contributed by atoms with Crippen LogP contribution in [0.3, 0.4) is 0 Å². The molecular formula is C12H17N3O. The predicted octanol–water partition coefficient (Wildman–Crippen LogP) is 1.70. The molecule has 0 saturated heterocycles. The van der Waals surface area contributed by atoms with Gasteiger partial charge in [-0.2, -0.15) is 5.10 Å². The highest BCUT2D eigenvalue weighted by molar-refractivity contribution is 5.87. The maximum absolute atomic E-state index is 5.81. The number of aryl methyl sites for hydroxylation is 1. The standard InChI is InChI=1S/C12H17N3O/c1-8(13)7-15-12-10(9(2)14-15)5-4-6-11(12)16-3/h4-6,8H,7,13H2,1-3H3. The Hall–Kier alpha value is -1.55. The molecule has 2 aromatic rings. The largest absolute Gasteiger partial charge is 0.494 e. The van der Waals surface area contributed by atoms with Gasteiger partial charge in [-0.3, -0.25) is 4.68 Å². The number of ether oxygens (including phenoxy) is 1. The van der Waals surface area contributed by atoms with E-state index in [9.17, 15) is 0 Å². The van der Waals surface area contributed by atoms with Crippen LogP contribution >= 0.6 is 0 Å². The molecule has 2 rings (SSSR count). The van der Waals surface area contributed by atoms with E-state index in [0.29, 0.717) is 6.54 Å². The highest BCUT2D eigenvalue weighted by Crippen LogP contribution is 2.27. The Balaban J connectivity index is 2.64. The monoisotopic (exact) mass is 219 g/mol. The lowest BCUT2D eigenvalue weighted by Gasteiger charge is -2.09. The average molecular weight is 219 g/mol. The molecule has 1 unspecified atom stereocenters. The molecule has 2 N–H and O–H groups in total. The molecule has 0 bridgehead atoms. The fraction of sp³-hybridized carbons (Fsp3) is 0.417. The van der Waals surface area contributed by atoms with Gasteiger partial charge >= 0.3 is 0 Å². The summed E-state index contributed by atoms with van der Waals surface area (Å²) in [5, 5.41) is 5.62. The van der Waals surface area contributed by atoms with Crippen LogP contribution in [0.1, 0.15) is 12.6 Å². The first kappa shape index (κ1) is 11.0. The number of para-hydroxylation sites is 1. The number of nitrogens with zero attached hydrogens (tertiary/aromatic N) is 2. The quantitative estimate of drug-likeness (QED) is 0.854. The fourth-order valence-electron chi connectivity index (χ4n) is 1.94. The van der Waals surface area contributed by atoms with Gasteiger partial charge in [0.2, 0.25) is 0 Å². The normalized spacial score (nSPS) is 13.0. The van der Waals surface area contributed by atoms with Crippen molar-refractivity contribution in [3.05, 3.63) is 23.9 Å². The number of methoxy groups -OCH3 is 1. The minimum atomic E-state index is 0.0763. The van der Waals surface area contributed by atoms with Gasteiger partial charge in [0.1, 0.15) is 11.3 Å². The molecule has 0 aliphatic carbocycles. The van der Waals surface area contributed by atoms with E-state index < -0.39 is 0 Å². The molecule has 0 spiro atoms. The van der Waals surface area contributed by atoms with E-state index in [1.54, 1.807) is 7.11 Å². The van der Waals surface area contributed by atoms with Crippen LogP contribution in [0.2, 0.25) is 0 Å². The maximum atomic E-state index is 5.81. The van der Waals surface area contributed by atoms with Crippen molar-refractivity contribution in [2.45, 2.75) is 26.4 Å². The van der Waals surface area contributed by atoms with Crippen LogP contribution in [-0.2, 0) is 6.54 Å². The highest BCUT2D eigenvalue weighted by atomic mass is 16.5. The molecule has 0 aliphatic heterocycles. The van der Waals surface area contributed by atoms with Gasteiger partial charge in [0.15, 0.2) is 0 Å². The van der Waals surface area contributed by atoms with Crippen molar-refractivity contribution in [3.63, 3.8) is 0 Å². The minimum absolute atomic E-state index is 0.0763. The van der Waals surface area contributed by atoms with Gasteiger partial charge in [0.05, 0.1) is 19.3 Å². The van der Waals surface area contributed by atoms with E-state index in [0.717, 1.165) is 22.3 Å². The van der Waals surface area contributed by atoms with Gasteiger partial charge in [0, 0.05) is 11.4 Å². The Bertz CT molecular complexity index is 502. The summed E-state index contributed by atoms with van der Waals surface area (Å²) >= 11 is 0.